The van der Waals surface area contributed by atoms with Crippen LogP contribution in [-0.4, -0.2) is 87.2 Å². The minimum Gasteiger partial charge on any atom is -0.369 e. The smallest absolute Gasteiger partial charge is 0.251 e. The molecule has 2 aliphatic heterocycles. The van der Waals surface area contributed by atoms with Crippen LogP contribution in [0.1, 0.15) is 30.6 Å². The molecule has 0 bridgehead atoms. The Morgan fingerprint density at radius 1 is 1.04 bits per heavy atom. The van der Waals surface area contributed by atoms with Crippen LogP contribution in [0.2, 0.25) is 0 Å². The van der Waals surface area contributed by atoms with Crippen molar-refractivity contribution in [3.63, 3.8) is 0 Å². The first kappa shape index (κ1) is 20.1. The molecule has 3 rings (SSSR count). The van der Waals surface area contributed by atoms with Crippen molar-refractivity contribution in [2.75, 3.05) is 70.3 Å². The third kappa shape index (κ3) is 5.92. The predicted molar refractivity (Wildman–Crippen MR) is 112 cm³/mol. The van der Waals surface area contributed by atoms with Crippen molar-refractivity contribution in [3.8, 4) is 0 Å². The molecule has 2 N–H and O–H groups in total. The van der Waals surface area contributed by atoms with Crippen LogP contribution in [0.25, 0.3) is 0 Å². The molecule has 150 valence electrons. The Hall–Kier alpha value is -1.63. The molecule has 0 atom stereocenters. The Morgan fingerprint density at radius 3 is 2.33 bits per heavy atom. The van der Waals surface area contributed by atoms with E-state index >= 15 is 0 Å². The Morgan fingerprint density at radius 2 is 1.70 bits per heavy atom. The van der Waals surface area contributed by atoms with Crippen LogP contribution in [-0.2, 0) is 0 Å². The van der Waals surface area contributed by atoms with Crippen molar-refractivity contribution in [1.82, 2.24) is 20.4 Å². The fourth-order valence-corrected chi connectivity index (χ4v) is 3.86. The van der Waals surface area contributed by atoms with Crippen molar-refractivity contribution in [3.05, 3.63) is 29.8 Å². The molecular formula is C21H35N5O. The summed E-state index contributed by atoms with van der Waals surface area (Å²) in [5, 5.41) is 6.42. The standard InChI is InChI=1S/C21H35N5O/c1-18(2)25-14-16-26(17-15-25)20-6-4-19(5-7-20)21(27)23-8-3-11-24-12-9-22-10-13-24/h4-7,18,22H,3,8-17H2,1-2H3,(H,23,27). The summed E-state index contributed by atoms with van der Waals surface area (Å²) in [5.74, 6) is 0.0338. The quantitative estimate of drug-likeness (QED) is 0.705. The SMILES string of the molecule is CC(C)N1CCN(c2ccc(C(=O)NCCCN3CCNCC3)cc2)CC1. The molecule has 2 fully saturated rings. The Kier molecular flexibility index (Phi) is 7.50. The van der Waals surface area contributed by atoms with Crippen molar-refractivity contribution >= 4 is 11.6 Å². The highest BCUT2D eigenvalue weighted by atomic mass is 16.1. The molecule has 0 saturated carbocycles. The molecule has 1 aromatic carbocycles. The van der Waals surface area contributed by atoms with E-state index in [0.717, 1.165) is 77.4 Å². The fraction of sp³-hybridized carbons (Fsp3) is 0.667. The highest BCUT2D eigenvalue weighted by Crippen LogP contribution is 2.18. The van der Waals surface area contributed by atoms with Crippen LogP contribution in [0.3, 0.4) is 0 Å². The highest BCUT2D eigenvalue weighted by molar-refractivity contribution is 5.94. The maximum Gasteiger partial charge on any atom is 0.251 e. The topological polar surface area (TPSA) is 50.9 Å². The van der Waals surface area contributed by atoms with Gasteiger partial charge < -0.3 is 20.4 Å². The van der Waals surface area contributed by atoms with E-state index in [0.29, 0.717) is 6.04 Å². The van der Waals surface area contributed by atoms with Gasteiger partial charge in [-0.2, -0.15) is 0 Å². The van der Waals surface area contributed by atoms with E-state index in [4.69, 9.17) is 0 Å². The highest BCUT2D eigenvalue weighted by Gasteiger charge is 2.19. The molecule has 1 aromatic rings. The summed E-state index contributed by atoms with van der Waals surface area (Å²) in [6.45, 7) is 15.0. The number of hydrogen-bond acceptors (Lipinski definition) is 5. The van der Waals surface area contributed by atoms with E-state index in [1.54, 1.807) is 0 Å². The number of hydrogen-bond donors (Lipinski definition) is 2. The first-order valence-electron chi connectivity index (χ1n) is 10.4. The van der Waals surface area contributed by atoms with Gasteiger partial charge in [-0.15, -0.1) is 0 Å². The van der Waals surface area contributed by atoms with Gasteiger partial charge in [0, 0.05) is 76.2 Å². The Balaban J connectivity index is 1.39. The molecule has 0 radical (unpaired) electrons. The lowest BCUT2D eigenvalue weighted by atomic mass is 10.1. The van der Waals surface area contributed by atoms with Crippen molar-refractivity contribution in [1.29, 1.82) is 0 Å². The molecule has 0 aliphatic carbocycles. The first-order valence-corrected chi connectivity index (χ1v) is 10.4. The monoisotopic (exact) mass is 373 g/mol. The van der Waals surface area contributed by atoms with E-state index in [2.05, 4.69) is 51.3 Å². The number of rotatable bonds is 7. The number of carbonyl (C=O) groups excluding carboxylic acids is 1. The van der Waals surface area contributed by atoms with E-state index in [1.165, 1.54) is 5.69 Å². The van der Waals surface area contributed by atoms with E-state index < -0.39 is 0 Å². The lowest BCUT2D eigenvalue weighted by Gasteiger charge is -2.38. The van der Waals surface area contributed by atoms with Crippen LogP contribution < -0.4 is 15.5 Å². The molecule has 0 aromatic heterocycles. The van der Waals surface area contributed by atoms with Crippen LogP contribution in [0.5, 0.6) is 0 Å². The fourth-order valence-electron chi connectivity index (χ4n) is 3.86. The Bertz CT molecular complexity index is 575. The van der Waals surface area contributed by atoms with Gasteiger partial charge in [-0.05, 0) is 51.1 Å². The average Bonchev–Trinajstić information content (AvgIpc) is 2.72. The maximum absolute atomic E-state index is 12.3. The van der Waals surface area contributed by atoms with Gasteiger partial charge in [0.15, 0.2) is 0 Å². The summed E-state index contributed by atoms with van der Waals surface area (Å²) in [7, 11) is 0. The molecule has 1 amide bonds. The van der Waals surface area contributed by atoms with Gasteiger partial charge in [-0.25, -0.2) is 0 Å². The van der Waals surface area contributed by atoms with Crippen LogP contribution in [0, 0.1) is 0 Å². The molecule has 2 aliphatic rings. The second-order valence-corrected chi connectivity index (χ2v) is 7.86. The number of piperazine rings is 2. The number of carbonyl (C=O) groups is 1. The second kappa shape index (κ2) is 10.1. The van der Waals surface area contributed by atoms with Gasteiger partial charge in [-0.3, -0.25) is 9.69 Å². The third-order valence-electron chi connectivity index (χ3n) is 5.69. The lowest BCUT2D eigenvalue weighted by molar-refractivity contribution is 0.0951. The van der Waals surface area contributed by atoms with Gasteiger partial charge in [-0.1, -0.05) is 0 Å². The summed E-state index contributed by atoms with van der Waals surface area (Å²) in [6.07, 6.45) is 1.00. The number of amides is 1. The van der Waals surface area contributed by atoms with Gasteiger partial charge in [0.25, 0.3) is 5.91 Å². The molecule has 27 heavy (non-hydrogen) atoms. The molecule has 2 heterocycles. The summed E-state index contributed by atoms with van der Waals surface area (Å²) in [6, 6.07) is 8.69. The molecular weight excluding hydrogens is 338 g/mol. The summed E-state index contributed by atoms with van der Waals surface area (Å²) >= 11 is 0. The zero-order valence-electron chi connectivity index (χ0n) is 16.9. The van der Waals surface area contributed by atoms with Crippen LogP contribution in [0.15, 0.2) is 24.3 Å². The van der Waals surface area contributed by atoms with Crippen LogP contribution in [0.4, 0.5) is 5.69 Å². The van der Waals surface area contributed by atoms with Crippen molar-refractivity contribution in [2.45, 2.75) is 26.3 Å². The maximum atomic E-state index is 12.3. The minimum atomic E-state index is 0.0338. The zero-order chi connectivity index (χ0) is 19.1. The molecule has 6 nitrogen and oxygen atoms in total. The van der Waals surface area contributed by atoms with Gasteiger partial charge in [0.2, 0.25) is 0 Å². The second-order valence-electron chi connectivity index (χ2n) is 7.86. The number of nitrogens with zero attached hydrogens (tertiary/aromatic N) is 3. The summed E-state index contributed by atoms with van der Waals surface area (Å²) in [4.78, 5) is 19.7. The largest absolute Gasteiger partial charge is 0.369 e. The Labute approximate surface area is 163 Å². The molecule has 0 spiro atoms. The van der Waals surface area contributed by atoms with E-state index in [-0.39, 0.29) is 5.91 Å². The normalized spacial score (nSPS) is 19.4. The van der Waals surface area contributed by atoms with Crippen LogP contribution >= 0.6 is 0 Å². The zero-order valence-corrected chi connectivity index (χ0v) is 16.9. The van der Waals surface area contributed by atoms with E-state index in [9.17, 15) is 4.79 Å². The molecule has 0 unspecified atom stereocenters. The van der Waals surface area contributed by atoms with Gasteiger partial charge >= 0.3 is 0 Å². The first-order chi connectivity index (χ1) is 13.1. The number of nitrogens with one attached hydrogen (secondary N) is 2. The average molecular weight is 374 g/mol. The molecule has 2 saturated heterocycles. The number of anilines is 1. The number of benzene rings is 1. The molecule has 6 heteroatoms. The minimum absolute atomic E-state index is 0.0338. The summed E-state index contributed by atoms with van der Waals surface area (Å²) < 4.78 is 0. The lowest BCUT2D eigenvalue weighted by Crippen LogP contribution is -2.48. The van der Waals surface area contributed by atoms with Gasteiger partial charge in [0.05, 0.1) is 0 Å². The predicted octanol–water partition coefficient (Wildman–Crippen LogP) is 1.24. The third-order valence-corrected chi connectivity index (χ3v) is 5.69. The van der Waals surface area contributed by atoms with Crippen molar-refractivity contribution < 1.29 is 4.79 Å². The van der Waals surface area contributed by atoms with E-state index in [1.807, 2.05) is 12.1 Å². The van der Waals surface area contributed by atoms with Crippen molar-refractivity contribution in [2.24, 2.45) is 0 Å². The summed E-state index contributed by atoms with van der Waals surface area (Å²) in [5.41, 5.74) is 1.97. The van der Waals surface area contributed by atoms with Gasteiger partial charge in [0.1, 0.15) is 0 Å².